The second-order valence-corrected chi connectivity index (χ2v) is 10.4. The Morgan fingerprint density at radius 3 is 2.45 bits per heavy atom. The maximum atomic E-state index is 13.7. The lowest BCUT2D eigenvalue weighted by atomic mass is 9.92. The van der Waals surface area contributed by atoms with Crippen molar-refractivity contribution in [2.45, 2.75) is 44.3 Å². The van der Waals surface area contributed by atoms with Crippen molar-refractivity contribution in [2.75, 3.05) is 11.9 Å². The van der Waals surface area contributed by atoms with Gasteiger partial charge in [0.25, 0.3) is 0 Å². The van der Waals surface area contributed by atoms with E-state index < -0.39 is 23.9 Å². The van der Waals surface area contributed by atoms with E-state index in [9.17, 15) is 19.2 Å². The lowest BCUT2D eigenvalue weighted by Gasteiger charge is -2.36. The molecule has 0 fully saturated rings. The van der Waals surface area contributed by atoms with Crippen LogP contribution in [0.3, 0.4) is 0 Å². The molecule has 1 aliphatic rings. The second-order valence-electron chi connectivity index (χ2n) is 10.4. The van der Waals surface area contributed by atoms with E-state index >= 15 is 0 Å². The molecular weight excluding hydrogens is 530 g/mol. The summed E-state index contributed by atoms with van der Waals surface area (Å²) in [5.74, 6) is -1.27. The number of carbonyl (C=O) groups excluding carboxylic acids is 4. The van der Waals surface area contributed by atoms with Crippen LogP contribution in [0.2, 0.25) is 0 Å². The van der Waals surface area contributed by atoms with Gasteiger partial charge in [0.15, 0.2) is 5.78 Å². The number of anilines is 1. The Balaban J connectivity index is 1.30. The number of amides is 3. The van der Waals surface area contributed by atoms with Crippen LogP contribution in [0, 0.1) is 0 Å². The first-order valence-electron chi connectivity index (χ1n) is 14.0. The first-order chi connectivity index (χ1) is 20.4. The molecule has 2 atom stereocenters. The number of nitrogens with two attached hydrogens (primary N) is 1. The van der Waals surface area contributed by atoms with Gasteiger partial charge in [0.1, 0.15) is 12.1 Å². The van der Waals surface area contributed by atoms with Crippen molar-refractivity contribution in [3.05, 3.63) is 108 Å². The number of nitrogens with one attached hydrogen (secondary N) is 2. The molecule has 2 heterocycles. The lowest BCUT2D eigenvalue weighted by molar-refractivity contribution is -0.142. The van der Waals surface area contributed by atoms with Gasteiger partial charge < -0.3 is 21.3 Å². The number of aromatic nitrogens is 1. The molecule has 1 aromatic heterocycles. The van der Waals surface area contributed by atoms with Crippen molar-refractivity contribution in [2.24, 2.45) is 5.73 Å². The monoisotopic (exact) mass is 563 g/mol. The van der Waals surface area contributed by atoms with E-state index in [0.717, 1.165) is 21.9 Å². The number of pyridine rings is 1. The molecule has 3 aromatic carbocycles. The molecule has 4 aromatic rings. The number of ketones is 1. The summed E-state index contributed by atoms with van der Waals surface area (Å²) in [5.41, 5.74) is 8.84. The Hall–Kier alpha value is -4.89. The second kappa shape index (κ2) is 13.2. The highest BCUT2D eigenvalue weighted by atomic mass is 16.2. The molecule has 0 saturated carbocycles. The molecule has 1 aliphatic heterocycles. The largest absolute Gasteiger partial charge is 0.342 e. The van der Waals surface area contributed by atoms with Crippen molar-refractivity contribution < 1.29 is 19.2 Å². The third kappa shape index (κ3) is 6.70. The zero-order valence-electron chi connectivity index (χ0n) is 23.2. The van der Waals surface area contributed by atoms with Crippen molar-refractivity contribution in [1.82, 2.24) is 15.2 Å². The molecule has 3 amide bonds. The predicted molar refractivity (Wildman–Crippen MR) is 160 cm³/mol. The molecule has 0 spiro atoms. The molecule has 0 radical (unpaired) electrons. The van der Waals surface area contributed by atoms with E-state index in [1.807, 2.05) is 48.5 Å². The van der Waals surface area contributed by atoms with Gasteiger partial charge in [-0.2, -0.15) is 0 Å². The first-order valence-corrected chi connectivity index (χ1v) is 14.0. The van der Waals surface area contributed by atoms with E-state index in [0.29, 0.717) is 17.7 Å². The third-order valence-corrected chi connectivity index (χ3v) is 7.53. The molecule has 42 heavy (non-hydrogen) atoms. The summed E-state index contributed by atoms with van der Waals surface area (Å²) < 4.78 is 0. The Morgan fingerprint density at radius 1 is 0.905 bits per heavy atom. The van der Waals surface area contributed by atoms with Gasteiger partial charge in [-0.3, -0.25) is 24.2 Å². The van der Waals surface area contributed by atoms with Gasteiger partial charge in [0.2, 0.25) is 17.7 Å². The van der Waals surface area contributed by atoms with E-state index in [4.69, 9.17) is 5.73 Å². The predicted octanol–water partition coefficient (Wildman–Crippen LogP) is 3.62. The smallest absolute Gasteiger partial charge is 0.246 e. The van der Waals surface area contributed by atoms with Gasteiger partial charge in [0.05, 0.1) is 0 Å². The molecule has 4 N–H and O–H groups in total. The van der Waals surface area contributed by atoms with Gasteiger partial charge in [-0.15, -0.1) is 0 Å². The zero-order chi connectivity index (χ0) is 29.5. The van der Waals surface area contributed by atoms with Crippen LogP contribution in [0.4, 0.5) is 5.69 Å². The standard InChI is InChI=1S/C33H33N5O4/c34-16-14-28(32(41)36-27-11-10-22-15-17-35-20-26(22)18-27)37-33(42)29-19-24-8-4-5-9-25(24)21-38(29)31(40)13-12-30(39)23-6-2-1-3-7-23/h1-11,15,17-18,20,28-29H,12-14,16,19,21,34H2,(H,36,41)(H,37,42)/t28-,29-/m0/s1. The molecule has 0 saturated heterocycles. The van der Waals surface area contributed by atoms with Gasteiger partial charge in [0, 0.05) is 54.8 Å². The summed E-state index contributed by atoms with van der Waals surface area (Å²) in [6, 6.07) is 22.1. The molecule has 5 rings (SSSR count). The zero-order valence-corrected chi connectivity index (χ0v) is 23.2. The topological polar surface area (TPSA) is 134 Å². The summed E-state index contributed by atoms with van der Waals surface area (Å²) in [6.45, 7) is 0.420. The Morgan fingerprint density at radius 2 is 1.67 bits per heavy atom. The van der Waals surface area contributed by atoms with E-state index in [-0.39, 0.29) is 44.0 Å². The maximum Gasteiger partial charge on any atom is 0.246 e. The van der Waals surface area contributed by atoms with E-state index in [1.165, 1.54) is 4.90 Å². The number of hydrogen-bond acceptors (Lipinski definition) is 6. The normalized spacial score (nSPS) is 15.0. The first kappa shape index (κ1) is 28.6. The summed E-state index contributed by atoms with van der Waals surface area (Å²) in [5, 5.41) is 7.58. The van der Waals surface area contributed by atoms with Crippen LogP contribution in [0.1, 0.15) is 40.7 Å². The summed E-state index contributed by atoms with van der Waals surface area (Å²) in [7, 11) is 0. The number of hydrogen-bond donors (Lipinski definition) is 3. The third-order valence-electron chi connectivity index (χ3n) is 7.53. The number of benzene rings is 3. The number of nitrogens with zero attached hydrogens (tertiary/aromatic N) is 2. The Labute approximate surface area is 244 Å². The highest BCUT2D eigenvalue weighted by Crippen LogP contribution is 2.25. The molecule has 0 unspecified atom stereocenters. The minimum absolute atomic E-state index is 0.0246. The van der Waals surface area contributed by atoms with E-state index in [1.54, 1.807) is 42.7 Å². The fraction of sp³-hybridized carbons (Fsp3) is 0.242. The molecule has 0 aliphatic carbocycles. The van der Waals surface area contributed by atoms with Crippen LogP contribution in [0.5, 0.6) is 0 Å². The highest BCUT2D eigenvalue weighted by molar-refractivity contribution is 6.01. The van der Waals surface area contributed by atoms with Gasteiger partial charge in [-0.25, -0.2) is 0 Å². The fourth-order valence-corrected chi connectivity index (χ4v) is 5.25. The number of rotatable bonds is 10. The molecule has 9 nitrogen and oxygen atoms in total. The summed E-state index contributed by atoms with van der Waals surface area (Å²) in [6.07, 6.45) is 3.94. The van der Waals surface area contributed by atoms with Crippen molar-refractivity contribution >= 4 is 40.0 Å². The van der Waals surface area contributed by atoms with Gasteiger partial charge >= 0.3 is 0 Å². The minimum Gasteiger partial charge on any atom is -0.342 e. The van der Waals surface area contributed by atoms with Crippen molar-refractivity contribution in [1.29, 1.82) is 0 Å². The highest BCUT2D eigenvalue weighted by Gasteiger charge is 2.36. The minimum atomic E-state index is -0.902. The molecular formula is C33H33N5O4. The van der Waals surface area contributed by atoms with Crippen molar-refractivity contribution in [3.63, 3.8) is 0 Å². The number of Topliss-reactive ketones (excluding diaryl/α,β-unsaturated/α-hetero) is 1. The maximum absolute atomic E-state index is 13.7. The van der Waals surface area contributed by atoms with Crippen LogP contribution in [0.15, 0.2) is 91.3 Å². The lowest BCUT2D eigenvalue weighted by Crippen LogP contribution is -2.56. The van der Waals surface area contributed by atoms with Crippen LogP contribution in [0.25, 0.3) is 10.8 Å². The van der Waals surface area contributed by atoms with Crippen molar-refractivity contribution in [3.8, 4) is 0 Å². The SMILES string of the molecule is NCC[C@H](NC(=O)[C@@H]1Cc2ccccc2CN1C(=O)CCC(=O)c1ccccc1)C(=O)Nc1ccc2ccncc2c1. The average molecular weight is 564 g/mol. The Bertz CT molecular complexity index is 1610. The van der Waals surface area contributed by atoms with Crippen LogP contribution in [-0.4, -0.2) is 52.0 Å². The molecule has 214 valence electrons. The number of carbonyl (C=O) groups is 4. The quantitative estimate of drug-likeness (QED) is 0.252. The molecule has 9 heteroatoms. The Kier molecular flexibility index (Phi) is 8.99. The van der Waals surface area contributed by atoms with E-state index in [2.05, 4.69) is 15.6 Å². The van der Waals surface area contributed by atoms with Crippen LogP contribution in [-0.2, 0) is 27.3 Å². The number of fused-ring (bicyclic) bond motifs is 2. The summed E-state index contributed by atoms with van der Waals surface area (Å²) in [4.78, 5) is 58.7. The van der Waals surface area contributed by atoms with Crippen LogP contribution < -0.4 is 16.4 Å². The van der Waals surface area contributed by atoms with Gasteiger partial charge in [-0.05, 0) is 47.7 Å². The van der Waals surface area contributed by atoms with Gasteiger partial charge in [-0.1, -0.05) is 60.7 Å². The van der Waals surface area contributed by atoms with Crippen LogP contribution >= 0.6 is 0 Å². The average Bonchev–Trinajstić information content (AvgIpc) is 3.02. The fourth-order valence-electron chi connectivity index (χ4n) is 5.25. The summed E-state index contributed by atoms with van der Waals surface area (Å²) >= 11 is 0. The molecule has 0 bridgehead atoms.